The van der Waals surface area contributed by atoms with Gasteiger partial charge in [-0.15, -0.1) is 0 Å². The van der Waals surface area contributed by atoms with Gasteiger partial charge in [-0.05, 0) is 20.3 Å². The molecule has 1 rings (SSSR count). The molecule has 8 heteroatoms. The predicted molar refractivity (Wildman–Crippen MR) is 66.2 cm³/mol. The first-order chi connectivity index (χ1) is 9.21. The third-order valence-electron chi connectivity index (χ3n) is 2.46. The summed E-state index contributed by atoms with van der Waals surface area (Å²) in [7, 11) is 1.30. The van der Waals surface area contributed by atoms with Crippen LogP contribution in [-0.2, 0) is 18.0 Å². The van der Waals surface area contributed by atoms with Crippen molar-refractivity contribution >= 4 is 5.91 Å². The van der Waals surface area contributed by atoms with Crippen LogP contribution < -0.4 is 5.32 Å². The summed E-state index contributed by atoms with van der Waals surface area (Å²) in [5, 5.41) is 5.81. The molecule has 1 aromatic heterocycles. The van der Waals surface area contributed by atoms with Crippen molar-refractivity contribution in [2.75, 3.05) is 13.2 Å². The number of hydrogen-bond donors (Lipinski definition) is 1. The number of alkyl halides is 3. The van der Waals surface area contributed by atoms with Crippen LogP contribution in [0.4, 0.5) is 13.2 Å². The van der Waals surface area contributed by atoms with Crippen molar-refractivity contribution in [2.24, 2.45) is 7.05 Å². The largest absolute Gasteiger partial charge is 0.435 e. The molecule has 0 bridgehead atoms. The molecule has 0 saturated carbocycles. The number of amides is 1. The molecule has 0 aliphatic rings. The normalized spacial score (nSPS) is 11.9. The van der Waals surface area contributed by atoms with Gasteiger partial charge in [0, 0.05) is 26.3 Å². The second-order valence-electron chi connectivity index (χ2n) is 4.57. The topological polar surface area (TPSA) is 56.1 Å². The van der Waals surface area contributed by atoms with E-state index < -0.39 is 17.8 Å². The van der Waals surface area contributed by atoms with Crippen molar-refractivity contribution in [1.29, 1.82) is 0 Å². The van der Waals surface area contributed by atoms with E-state index in [0.717, 1.165) is 10.7 Å². The Bertz CT molecular complexity index is 455. The highest BCUT2D eigenvalue weighted by molar-refractivity contribution is 5.92. The number of rotatable bonds is 6. The number of nitrogens with one attached hydrogen (secondary N) is 1. The Hall–Kier alpha value is -1.57. The van der Waals surface area contributed by atoms with E-state index in [9.17, 15) is 18.0 Å². The molecule has 0 atom stereocenters. The number of aromatic nitrogens is 2. The fourth-order valence-corrected chi connectivity index (χ4v) is 1.50. The molecule has 1 N–H and O–H groups in total. The van der Waals surface area contributed by atoms with Gasteiger partial charge < -0.3 is 10.1 Å². The van der Waals surface area contributed by atoms with Gasteiger partial charge in [0.1, 0.15) is 5.69 Å². The summed E-state index contributed by atoms with van der Waals surface area (Å²) in [6, 6.07) is 0.736. The van der Waals surface area contributed by atoms with E-state index in [0.29, 0.717) is 19.6 Å². The minimum absolute atomic E-state index is 0.108. The van der Waals surface area contributed by atoms with Crippen molar-refractivity contribution < 1.29 is 22.7 Å². The van der Waals surface area contributed by atoms with Crippen LogP contribution >= 0.6 is 0 Å². The molecular formula is C12H18F3N3O2. The minimum atomic E-state index is -4.55. The predicted octanol–water partition coefficient (Wildman–Crippen LogP) is 1.98. The molecule has 0 saturated heterocycles. The lowest BCUT2D eigenvalue weighted by atomic mass is 10.3. The van der Waals surface area contributed by atoms with E-state index in [1.54, 1.807) is 0 Å². The first-order valence-corrected chi connectivity index (χ1v) is 6.23. The van der Waals surface area contributed by atoms with E-state index >= 15 is 0 Å². The molecule has 1 heterocycles. The van der Waals surface area contributed by atoms with Crippen LogP contribution in [-0.4, -0.2) is 34.9 Å². The second-order valence-corrected chi connectivity index (χ2v) is 4.57. The molecule has 0 aromatic carbocycles. The van der Waals surface area contributed by atoms with Crippen molar-refractivity contribution in [3.63, 3.8) is 0 Å². The maximum atomic E-state index is 12.4. The molecular weight excluding hydrogens is 275 g/mol. The molecule has 0 radical (unpaired) electrons. The van der Waals surface area contributed by atoms with Gasteiger partial charge in [-0.2, -0.15) is 18.3 Å². The van der Waals surface area contributed by atoms with Gasteiger partial charge in [0.15, 0.2) is 5.69 Å². The summed E-state index contributed by atoms with van der Waals surface area (Å²) < 4.78 is 43.5. The van der Waals surface area contributed by atoms with Crippen LogP contribution in [0.3, 0.4) is 0 Å². The van der Waals surface area contributed by atoms with Gasteiger partial charge in [-0.1, -0.05) is 0 Å². The Balaban J connectivity index is 2.50. The highest BCUT2D eigenvalue weighted by Crippen LogP contribution is 2.28. The number of halogens is 3. The summed E-state index contributed by atoms with van der Waals surface area (Å²) >= 11 is 0. The highest BCUT2D eigenvalue weighted by atomic mass is 19.4. The first kappa shape index (κ1) is 16.5. The summed E-state index contributed by atoms with van der Waals surface area (Å²) in [5.74, 6) is -0.583. The van der Waals surface area contributed by atoms with Crippen molar-refractivity contribution in [1.82, 2.24) is 15.1 Å². The molecule has 1 aromatic rings. The van der Waals surface area contributed by atoms with E-state index in [1.165, 1.54) is 7.05 Å². The maximum Gasteiger partial charge on any atom is 0.435 e. The number of nitrogens with zero attached hydrogens (tertiary/aromatic N) is 2. The Morgan fingerprint density at radius 1 is 1.50 bits per heavy atom. The SMILES string of the molecule is CC(C)OCCCNC(=O)c1cc(C(F)(F)F)nn1C. The summed E-state index contributed by atoms with van der Waals surface area (Å²) in [6.07, 6.45) is -3.85. The first-order valence-electron chi connectivity index (χ1n) is 6.23. The fraction of sp³-hybridized carbons (Fsp3) is 0.667. The molecule has 0 aliphatic carbocycles. The van der Waals surface area contributed by atoms with Gasteiger partial charge in [-0.3, -0.25) is 9.48 Å². The molecule has 1 amide bonds. The zero-order chi connectivity index (χ0) is 15.3. The smallest absolute Gasteiger partial charge is 0.379 e. The van der Waals surface area contributed by atoms with E-state index in [-0.39, 0.29) is 11.8 Å². The van der Waals surface area contributed by atoms with Crippen molar-refractivity contribution in [2.45, 2.75) is 32.5 Å². The van der Waals surface area contributed by atoms with Crippen LogP contribution in [0, 0.1) is 0 Å². The van der Waals surface area contributed by atoms with Gasteiger partial charge in [-0.25, -0.2) is 0 Å². The number of ether oxygens (including phenoxy) is 1. The number of aryl methyl sites for hydroxylation is 1. The molecule has 0 fully saturated rings. The summed E-state index contributed by atoms with van der Waals surface area (Å²) in [4.78, 5) is 11.7. The van der Waals surface area contributed by atoms with Crippen LogP contribution in [0.5, 0.6) is 0 Å². The van der Waals surface area contributed by atoms with Crippen LogP contribution in [0.25, 0.3) is 0 Å². The Kier molecular flexibility index (Phi) is 5.55. The second kappa shape index (κ2) is 6.74. The van der Waals surface area contributed by atoms with E-state index in [2.05, 4.69) is 10.4 Å². The van der Waals surface area contributed by atoms with Gasteiger partial charge in [0.25, 0.3) is 5.91 Å². The van der Waals surface area contributed by atoms with Crippen LogP contribution in [0.15, 0.2) is 6.07 Å². The summed E-state index contributed by atoms with van der Waals surface area (Å²) in [5.41, 5.74) is -1.20. The zero-order valence-electron chi connectivity index (χ0n) is 11.6. The molecule has 0 spiro atoms. The summed E-state index contributed by atoms with van der Waals surface area (Å²) in [6.45, 7) is 4.61. The molecule has 114 valence electrons. The fourth-order valence-electron chi connectivity index (χ4n) is 1.50. The van der Waals surface area contributed by atoms with E-state index in [1.807, 2.05) is 13.8 Å². The third kappa shape index (κ3) is 4.84. The number of carbonyl (C=O) groups is 1. The molecule has 0 aliphatic heterocycles. The lowest BCUT2D eigenvalue weighted by Gasteiger charge is -2.08. The number of carbonyl (C=O) groups excluding carboxylic acids is 1. The lowest BCUT2D eigenvalue weighted by Crippen LogP contribution is -2.27. The number of hydrogen-bond acceptors (Lipinski definition) is 3. The third-order valence-corrected chi connectivity index (χ3v) is 2.46. The zero-order valence-corrected chi connectivity index (χ0v) is 11.6. The average molecular weight is 293 g/mol. The Morgan fingerprint density at radius 2 is 2.15 bits per heavy atom. The standard InChI is InChI=1S/C12H18F3N3O2/c1-8(2)20-6-4-5-16-11(19)9-7-10(12(13,14)15)17-18(9)3/h7-8H,4-6H2,1-3H3,(H,16,19). The Morgan fingerprint density at radius 3 is 2.65 bits per heavy atom. The molecule has 20 heavy (non-hydrogen) atoms. The Labute approximate surface area is 115 Å². The average Bonchev–Trinajstić information content (AvgIpc) is 2.70. The molecule has 5 nitrogen and oxygen atoms in total. The van der Waals surface area contributed by atoms with Crippen molar-refractivity contribution in [3.05, 3.63) is 17.5 Å². The minimum Gasteiger partial charge on any atom is -0.379 e. The van der Waals surface area contributed by atoms with Crippen LogP contribution in [0.2, 0.25) is 0 Å². The van der Waals surface area contributed by atoms with Gasteiger partial charge in [0.2, 0.25) is 0 Å². The van der Waals surface area contributed by atoms with Crippen molar-refractivity contribution in [3.8, 4) is 0 Å². The van der Waals surface area contributed by atoms with Gasteiger partial charge >= 0.3 is 6.18 Å². The maximum absolute atomic E-state index is 12.4. The van der Waals surface area contributed by atoms with Crippen LogP contribution in [0.1, 0.15) is 36.5 Å². The van der Waals surface area contributed by atoms with E-state index in [4.69, 9.17) is 4.74 Å². The molecule has 0 unspecified atom stereocenters. The lowest BCUT2D eigenvalue weighted by molar-refractivity contribution is -0.141. The quantitative estimate of drug-likeness (QED) is 0.816. The highest BCUT2D eigenvalue weighted by Gasteiger charge is 2.35. The van der Waals surface area contributed by atoms with Gasteiger partial charge in [0.05, 0.1) is 6.10 Å². The monoisotopic (exact) mass is 293 g/mol.